The Morgan fingerprint density at radius 2 is 2.15 bits per heavy atom. The number of aliphatic carboxylic acids is 1. The Labute approximate surface area is 118 Å². The topological polar surface area (TPSA) is 99.6 Å². The van der Waals surface area contributed by atoms with Crippen molar-refractivity contribution in [3.63, 3.8) is 0 Å². The first-order valence-electron chi connectivity index (χ1n) is 5.82. The number of carbonyl (C=O) groups is 1. The molecule has 0 atom stereocenters. The number of carboxylic acid groups (broad SMARTS) is 1. The molecule has 0 saturated carbocycles. The Hall–Kier alpha value is -1.77. The standard InChI is InChI=1S/C12H17N3O4S/c1-15(2)6-5-14-20(18,19)11-7-10(8-13-9-11)3-4-12(16)17/h3-4,7-9,14H,5-6H2,1-2H3,(H,16,17). The first-order chi connectivity index (χ1) is 9.31. The highest BCUT2D eigenvalue weighted by atomic mass is 32.2. The Kier molecular flexibility index (Phi) is 5.81. The van der Waals surface area contributed by atoms with E-state index in [1.807, 2.05) is 19.0 Å². The van der Waals surface area contributed by atoms with Crippen LogP contribution in [0.15, 0.2) is 29.4 Å². The highest BCUT2D eigenvalue weighted by Gasteiger charge is 2.14. The second-order valence-electron chi connectivity index (χ2n) is 4.33. The molecule has 0 amide bonds. The van der Waals surface area contributed by atoms with Crippen molar-refractivity contribution in [1.82, 2.24) is 14.6 Å². The summed E-state index contributed by atoms with van der Waals surface area (Å²) in [6.07, 6.45) is 4.81. The number of nitrogens with zero attached hydrogens (tertiary/aromatic N) is 2. The van der Waals surface area contributed by atoms with Crippen LogP contribution in [0.1, 0.15) is 5.56 Å². The summed E-state index contributed by atoms with van der Waals surface area (Å²) in [6, 6.07) is 1.37. The fourth-order valence-corrected chi connectivity index (χ4v) is 2.35. The van der Waals surface area contributed by atoms with Crippen LogP contribution in [0, 0.1) is 0 Å². The summed E-state index contributed by atoms with van der Waals surface area (Å²) >= 11 is 0. The molecule has 0 aliphatic heterocycles. The number of nitrogens with one attached hydrogen (secondary N) is 1. The predicted molar refractivity (Wildman–Crippen MR) is 74.6 cm³/mol. The molecule has 0 aliphatic rings. The van der Waals surface area contributed by atoms with Crippen molar-refractivity contribution in [3.8, 4) is 0 Å². The molecule has 110 valence electrons. The average Bonchev–Trinajstić information content (AvgIpc) is 2.36. The molecule has 0 spiro atoms. The van der Waals surface area contributed by atoms with Gasteiger partial charge in [0.1, 0.15) is 4.90 Å². The maximum atomic E-state index is 12.0. The maximum Gasteiger partial charge on any atom is 0.328 e. The van der Waals surface area contributed by atoms with E-state index in [-0.39, 0.29) is 11.4 Å². The summed E-state index contributed by atoms with van der Waals surface area (Å²) < 4.78 is 26.4. The molecule has 0 aromatic carbocycles. The molecular weight excluding hydrogens is 282 g/mol. The third-order valence-corrected chi connectivity index (χ3v) is 3.74. The van der Waals surface area contributed by atoms with Gasteiger partial charge in [0.05, 0.1) is 0 Å². The van der Waals surface area contributed by atoms with Crippen LogP contribution in [0.4, 0.5) is 0 Å². The number of aromatic nitrogens is 1. The lowest BCUT2D eigenvalue weighted by Crippen LogP contribution is -2.31. The summed E-state index contributed by atoms with van der Waals surface area (Å²) in [4.78, 5) is 16.1. The molecule has 0 bridgehead atoms. The van der Waals surface area contributed by atoms with Crippen molar-refractivity contribution in [2.24, 2.45) is 0 Å². The van der Waals surface area contributed by atoms with Crippen molar-refractivity contribution < 1.29 is 18.3 Å². The second-order valence-corrected chi connectivity index (χ2v) is 6.09. The average molecular weight is 299 g/mol. The van der Waals surface area contributed by atoms with Gasteiger partial charge in [-0.2, -0.15) is 0 Å². The molecule has 0 unspecified atom stereocenters. The molecular formula is C12H17N3O4S. The Morgan fingerprint density at radius 1 is 1.45 bits per heavy atom. The largest absolute Gasteiger partial charge is 0.478 e. The zero-order chi connectivity index (χ0) is 15.2. The highest BCUT2D eigenvalue weighted by Crippen LogP contribution is 2.10. The number of hydrogen-bond donors (Lipinski definition) is 2. The molecule has 20 heavy (non-hydrogen) atoms. The fourth-order valence-electron chi connectivity index (χ4n) is 1.33. The Morgan fingerprint density at radius 3 is 2.75 bits per heavy atom. The number of pyridine rings is 1. The molecule has 0 aliphatic carbocycles. The van der Waals surface area contributed by atoms with Crippen molar-refractivity contribution >= 4 is 22.1 Å². The van der Waals surface area contributed by atoms with Gasteiger partial charge in [0.15, 0.2) is 0 Å². The predicted octanol–water partition coefficient (Wildman–Crippen LogP) is 0.0193. The molecule has 0 fully saturated rings. The molecule has 7 nitrogen and oxygen atoms in total. The van der Waals surface area contributed by atoms with E-state index in [2.05, 4.69) is 9.71 Å². The summed E-state index contributed by atoms with van der Waals surface area (Å²) in [6.45, 7) is 0.857. The number of rotatable bonds is 7. The molecule has 0 radical (unpaired) electrons. The summed E-state index contributed by atoms with van der Waals surface area (Å²) in [5, 5.41) is 8.53. The van der Waals surface area contributed by atoms with Gasteiger partial charge in [-0.1, -0.05) is 0 Å². The van der Waals surface area contributed by atoms with E-state index >= 15 is 0 Å². The van der Waals surface area contributed by atoms with Crippen LogP contribution in [-0.4, -0.2) is 56.6 Å². The van der Waals surface area contributed by atoms with E-state index in [0.29, 0.717) is 12.1 Å². The second kappa shape index (κ2) is 7.13. The Balaban J connectivity index is 2.85. The Bertz CT molecular complexity index is 596. The number of sulfonamides is 1. The van der Waals surface area contributed by atoms with Gasteiger partial charge in [-0.05, 0) is 31.8 Å². The minimum Gasteiger partial charge on any atom is -0.478 e. The number of likely N-dealkylation sites (N-methyl/N-ethyl adjacent to an activating group) is 1. The zero-order valence-corrected chi connectivity index (χ0v) is 12.1. The molecule has 8 heteroatoms. The lowest BCUT2D eigenvalue weighted by molar-refractivity contribution is -0.131. The number of hydrogen-bond acceptors (Lipinski definition) is 5. The third-order valence-electron chi connectivity index (χ3n) is 2.31. The van der Waals surface area contributed by atoms with E-state index < -0.39 is 16.0 Å². The molecule has 1 aromatic heterocycles. The maximum absolute atomic E-state index is 12.0. The van der Waals surface area contributed by atoms with E-state index in [9.17, 15) is 13.2 Å². The lowest BCUT2D eigenvalue weighted by Gasteiger charge is -2.11. The monoisotopic (exact) mass is 299 g/mol. The quantitative estimate of drug-likeness (QED) is 0.689. The molecule has 2 N–H and O–H groups in total. The van der Waals surface area contributed by atoms with E-state index in [1.165, 1.54) is 24.5 Å². The van der Waals surface area contributed by atoms with Gasteiger partial charge in [-0.15, -0.1) is 0 Å². The van der Waals surface area contributed by atoms with E-state index in [0.717, 1.165) is 6.08 Å². The van der Waals surface area contributed by atoms with E-state index in [4.69, 9.17) is 5.11 Å². The molecule has 1 heterocycles. The minimum absolute atomic E-state index is 0.00351. The first kappa shape index (κ1) is 16.3. The van der Waals surface area contributed by atoms with Gasteiger partial charge in [-0.25, -0.2) is 17.9 Å². The lowest BCUT2D eigenvalue weighted by atomic mass is 10.2. The van der Waals surface area contributed by atoms with Gasteiger partial charge in [-0.3, -0.25) is 4.98 Å². The van der Waals surface area contributed by atoms with Gasteiger partial charge < -0.3 is 10.0 Å². The van der Waals surface area contributed by atoms with Crippen molar-refractivity contribution in [2.75, 3.05) is 27.2 Å². The van der Waals surface area contributed by atoms with Gasteiger partial charge in [0.25, 0.3) is 0 Å². The highest BCUT2D eigenvalue weighted by molar-refractivity contribution is 7.89. The van der Waals surface area contributed by atoms with Crippen molar-refractivity contribution in [3.05, 3.63) is 30.1 Å². The minimum atomic E-state index is -3.64. The normalized spacial score (nSPS) is 12.2. The molecule has 1 aromatic rings. The van der Waals surface area contributed by atoms with Gasteiger partial charge >= 0.3 is 5.97 Å². The summed E-state index contributed by atoms with van der Waals surface area (Å²) in [7, 11) is 0.0434. The van der Waals surface area contributed by atoms with Crippen LogP contribution in [-0.2, 0) is 14.8 Å². The van der Waals surface area contributed by atoms with Crippen molar-refractivity contribution in [2.45, 2.75) is 4.90 Å². The SMILES string of the molecule is CN(C)CCNS(=O)(=O)c1cncc(C=CC(=O)O)c1. The smallest absolute Gasteiger partial charge is 0.328 e. The molecule has 1 rings (SSSR count). The van der Waals surface area contributed by atoms with Gasteiger partial charge in [0.2, 0.25) is 10.0 Å². The summed E-state index contributed by atoms with van der Waals surface area (Å²) in [5.41, 5.74) is 0.405. The van der Waals surface area contributed by atoms with Crippen LogP contribution in [0.5, 0.6) is 0 Å². The fraction of sp³-hybridized carbons (Fsp3) is 0.333. The van der Waals surface area contributed by atoms with E-state index in [1.54, 1.807) is 0 Å². The third kappa shape index (κ3) is 5.47. The van der Waals surface area contributed by atoms with Crippen molar-refractivity contribution in [1.29, 1.82) is 0 Å². The zero-order valence-electron chi connectivity index (χ0n) is 11.3. The van der Waals surface area contributed by atoms with Gasteiger partial charge in [0, 0.05) is 31.6 Å². The van der Waals surface area contributed by atoms with Crippen LogP contribution < -0.4 is 4.72 Å². The molecule has 0 saturated heterocycles. The van der Waals surface area contributed by atoms with Crippen LogP contribution in [0.25, 0.3) is 6.08 Å². The van der Waals surface area contributed by atoms with Crippen LogP contribution in [0.2, 0.25) is 0 Å². The summed E-state index contributed by atoms with van der Waals surface area (Å²) in [5.74, 6) is -1.11. The van der Waals surface area contributed by atoms with Crippen LogP contribution >= 0.6 is 0 Å². The first-order valence-corrected chi connectivity index (χ1v) is 7.30. The number of carboxylic acids is 1. The van der Waals surface area contributed by atoms with Crippen LogP contribution in [0.3, 0.4) is 0 Å².